The molecule has 8 nitrogen and oxygen atoms in total. The maximum absolute atomic E-state index is 11.1. The number of rotatable bonds is 4. The predicted octanol–water partition coefficient (Wildman–Crippen LogP) is 1.22. The third kappa shape index (κ3) is 3.27. The van der Waals surface area contributed by atoms with Gasteiger partial charge in [0.25, 0.3) is 0 Å². The van der Waals surface area contributed by atoms with Gasteiger partial charge in [-0.1, -0.05) is 0 Å². The van der Waals surface area contributed by atoms with Crippen LogP contribution in [0.2, 0.25) is 0 Å². The van der Waals surface area contributed by atoms with Gasteiger partial charge < -0.3 is 10.0 Å². The van der Waals surface area contributed by atoms with Crippen LogP contribution in [0.1, 0.15) is 24.3 Å². The number of aromatic nitrogens is 1. The Balaban J connectivity index is 2.27. The van der Waals surface area contributed by atoms with Crippen molar-refractivity contribution < 1.29 is 14.8 Å². The molecule has 1 N–H and O–H groups in total. The number of aromatic carboxylic acids is 1. The van der Waals surface area contributed by atoms with Gasteiger partial charge in [-0.05, 0) is 19.9 Å². The van der Waals surface area contributed by atoms with E-state index < -0.39 is 10.9 Å². The Morgan fingerprint density at radius 1 is 1.33 bits per heavy atom. The fourth-order valence-corrected chi connectivity index (χ4v) is 2.39. The van der Waals surface area contributed by atoms with Crippen LogP contribution in [-0.4, -0.2) is 58.1 Å². The van der Waals surface area contributed by atoms with Gasteiger partial charge in [0.05, 0.1) is 4.92 Å². The number of carbonyl (C=O) groups is 1. The van der Waals surface area contributed by atoms with Crippen molar-refractivity contribution in [3.63, 3.8) is 0 Å². The molecule has 0 aromatic carbocycles. The quantitative estimate of drug-likeness (QED) is 0.658. The first kappa shape index (κ1) is 15.2. The summed E-state index contributed by atoms with van der Waals surface area (Å²) in [5, 5.41) is 20.1. The number of pyridine rings is 1. The molecule has 1 aromatic rings. The molecule has 0 amide bonds. The van der Waals surface area contributed by atoms with E-state index in [1.807, 2.05) is 0 Å². The van der Waals surface area contributed by atoms with Gasteiger partial charge in [-0.15, -0.1) is 0 Å². The van der Waals surface area contributed by atoms with E-state index in [4.69, 9.17) is 5.11 Å². The average Bonchev–Trinajstić information content (AvgIpc) is 2.46. The van der Waals surface area contributed by atoms with Crippen molar-refractivity contribution in [2.24, 2.45) is 0 Å². The molecule has 8 heteroatoms. The van der Waals surface area contributed by atoms with Crippen molar-refractivity contribution in [1.82, 2.24) is 9.88 Å². The number of hydrogen-bond donors (Lipinski definition) is 1. The summed E-state index contributed by atoms with van der Waals surface area (Å²) in [6.07, 6.45) is 0. The molecule has 21 heavy (non-hydrogen) atoms. The highest BCUT2D eigenvalue weighted by Crippen LogP contribution is 2.27. The molecule has 1 aliphatic heterocycles. The largest absolute Gasteiger partial charge is 0.477 e. The van der Waals surface area contributed by atoms with E-state index in [1.165, 1.54) is 6.07 Å². The van der Waals surface area contributed by atoms with Gasteiger partial charge in [-0.25, -0.2) is 9.78 Å². The fraction of sp³-hybridized carbons (Fsp3) is 0.538. The molecule has 2 heterocycles. The van der Waals surface area contributed by atoms with Gasteiger partial charge in [0.2, 0.25) is 5.82 Å². The van der Waals surface area contributed by atoms with E-state index in [2.05, 4.69) is 23.7 Å². The molecule has 0 aliphatic carbocycles. The molecular weight excluding hydrogens is 276 g/mol. The maximum atomic E-state index is 11.1. The Labute approximate surface area is 122 Å². The molecule has 1 fully saturated rings. The van der Waals surface area contributed by atoms with Gasteiger partial charge >= 0.3 is 11.7 Å². The Kier molecular flexibility index (Phi) is 4.37. The molecule has 1 saturated heterocycles. The van der Waals surface area contributed by atoms with Crippen LogP contribution in [0.4, 0.5) is 11.5 Å². The van der Waals surface area contributed by atoms with Crippen LogP contribution in [0.5, 0.6) is 0 Å². The first-order valence-corrected chi connectivity index (χ1v) is 6.78. The fourth-order valence-electron chi connectivity index (χ4n) is 2.39. The number of nitro groups is 1. The number of anilines is 1. The Bertz CT molecular complexity index is 553. The standard InChI is InChI=1S/C13H18N4O4/c1-9(2)15-5-7-16(8-6-15)12-11(17(20)21)4-3-10(14-12)13(18)19/h3-4,9H,5-8H2,1-2H3,(H,18,19). The van der Waals surface area contributed by atoms with Crippen molar-refractivity contribution in [3.8, 4) is 0 Å². The first-order valence-electron chi connectivity index (χ1n) is 6.78. The van der Waals surface area contributed by atoms with E-state index >= 15 is 0 Å². The second kappa shape index (κ2) is 6.04. The summed E-state index contributed by atoms with van der Waals surface area (Å²) in [6, 6.07) is 2.79. The molecule has 0 spiro atoms. The lowest BCUT2D eigenvalue weighted by atomic mass is 10.2. The lowest BCUT2D eigenvalue weighted by Crippen LogP contribution is -2.49. The minimum Gasteiger partial charge on any atom is -0.477 e. The van der Waals surface area contributed by atoms with Gasteiger partial charge in [0.1, 0.15) is 0 Å². The van der Waals surface area contributed by atoms with Crippen molar-refractivity contribution >= 4 is 17.5 Å². The summed E-state index contributed by atoms with van der Waals surface area (Å²) >= 11 is 0. The Morgan fingerprint density at radius 2 is 1.95 bits per heavy atom. The molecule has 0 unspecified atom stereocenters. The van der Waals surface area contributed by atoms with Crippen molar-refractivity contribution in [1.29, 1.82) is 0 Å². The third-order valence-electron chi connectivity index (χ3n) is 3.61. The minimum absolute atomic E-state index is 0.142. The van der Waals surface area contributed by atoms with Crippen LogP contribution in [0.3, 0.4) is 0 Å². The lowest BCUT2D eigenvalue weighted by molar-refractivity contribution is -0.384. The zero-order valence-corrected chi connectivity index (χ0v) is 12.0. The summed E-state index contributed by atoms with van der Waals surface area (Å²) in [6.45, 7) is 6.93. The second-order valence-electron chi connectivity index (χ2n) is 5.22. The SMILES string of the molecule is CC(C)N1CCN(c2nc(C(=O)O)ccc2[N+](=O)[O-])CC1. The van der Waals surface area contributed by atoms with Crippen LogP contribution < -0.4 is 4.90 Å². The van der Waals surface area contributed by atoms with E-state index in [0.717, 1.165) is 19.2 Å². The lowest BCUT2D eigenvalue weighted by Gasteiger charge is -2.37. The van der Waals surface area contributed by atoms with Crippen LogP contribution in [0, 0.1) is 10.1 Å². The highest BCUT2D eigenvalue weighted by atomic mass is 16.6. The number of piperazine rings is 1. The van der Waals surface area contributed by atoms with Crippen LogP contribution in [0.15, 0.2) is 12.1 Å². The molecule has 0 saturated carbocycles. The molecule has 0 radical (unpaired) electrons. The van der Waals surface area contributed by atoms with Crippen LogP contribution in [-0.2, 0) is 0 Å². The topological polar surface area (TPSA) is 99.8 Å². The average molecular weight is 294 g/mol. The van der Waals surface area contributed by atoms with Gasteiger partial charge in [0.15, 0.2) is 5.69 Å². The normalized spacial score (nSPS) is 16.2. The van der Waals surface area contributed by atoms with E-state index in [-0.39, 0.29) is 17.2 Å². The van der Waals surface area contributed by atoms with Gasteiger partial charge in [0, 0.05) is 38.3 Å². The summed E-state index contributed by atoms with van der Waals surface area (Å²) in [5.74, 6) is -1.05. The Morgan fingerprint density at radius 3 is 2.43 bits per heavy atom. The van der Waals surface area contributed by atoms with Gasteiger partial charge in [-0.3, -0.25) is 15.0 Å². The summed E-state index contributed by atoms with van der Waals surface area (Å²) in [4.78, 5) is 29.6. The summed E-state index contributed by atoms with van der Waals surface area (Å²) in [7, 11) is 0. The molecule has 1 aromatic heterocycles. The smallest absolute Gasteiger partial charge is 0.354 e. The highest BCUT2D eigenvalue weighted by Gasteiger charge is 2.27. The van der Waals surface area contributed by atoms with Crippen molar-refractivity contribution in [2.45, 2.75) is 19.9 Å². The first-order chi connectivity index (χ1) is 9.90. The van der Waals surface area contributed by atoms with Gasteiger partial charge in [-0.2, -0.15) is 0 Å². The van der Waals surface area contributed by atoms with Crippen LogP contribution >= 0.6 is 0 Å². The zero-order chi connectivity index (χ0) is 15.6. The summed E-state index contributed by atoms with van der Waals surface area (Å²) in [5.41, 5.74) is -0.333. The summed E-state index contributed by atoms with van der Waals surface area (Å²) < 4.78 is 0. The molecule has 114 valence electrons. The monoisotopic (exact) mass is 294 g/mol. The minimum atomic E-state index is -1.19. The van der Waals surface area contributed by atoms with Crippen molar-refractivity contribution in [3.05, 3.63) is 27.9 Å². The molecular formula is C13H18N4O4. The van der Waals surface area contributed by atoms with Crippen LogP contribution in [0.25, 0.3) is 0 Å². The molecule has 1 aliphatic rings. The predicted molar refractivity (Wildman–Crippen MR) is 76.8 cm³/mol. The van der Waals surface area contributed by atoms with E-state index in [0.29, 0.717) is 19.1 Å². The Hall–Kier alpha value is -2.22. The van der Waals surface area contributed by atoms with Crippen molar-refractivity contribution in [2.75, 3.05) is 31.1 Å². The zero-order valence-electron chi connectivity index (χ0n) is 12.0. The van der Waals surface area contributed by atoms with E-state index in [9.17, 15) is 14.9 Å². The number of nitrogens with zero attached hydrogens (tertiary/aromatic N) is 4. The highest BCUT2D eigenvalue weighted by molar-refractivity contribution is 5.86. The molecule has 0 bridgehead atoms. The third-order valence-corrected chi connectivity index (χ3v) is 3.61. The number of carboxylic acids is 1. The number of carboxylic acid groups (broad SMARTS) is 1. The second-order valence-corrected chi connectivity index (χ2v) is 5.22. The maximum Gasteiger partial charge on any atom is 0.354 e. The molecule has 0 atom stereocenters. The molecule has 2 rings (SSSR count). The number of hydrogen-bond acceptors (Lipinski definition) is 6. The van der Waals surface area contributed by atoms with E-state index in [1.54, 1.807) is 4.90 Å².